The van der Waals surface area contributed by atoms with Crippen molar-refractivity contribution >= 4 is 11.6 Å². The van der Waals surface area contributed by atoms with Crippen molar-refractivity contribution < 1.29 is 9.18 Å². The Morgan fingerprint density at radius 1 is 1.04 bits per heavy atom. The summed E-state index contributed by atoms with van der Waals surface area (Å²) in [4.78, 5) is 16.5. The van der Waals surface area contributed by atoms with Gasteiger partial charge in [0.15, 0.2) is 0 Å². The van der Waals surface area contributed by atoms with E-state index in [0.29, 0.717) is 30.6 Å². The van der Waals surface area contributed by atoms with Crippen molar-refractivity contribution in [3.05, 3.63) is 95.1 Å². The van der Waals surface area contributed by atoms with Crippen LogP contribution in [0.1, 0.15) is 27.0 Å². The number of hydrogen-bond donors (Lipinski definition) is 2. The van der Waals surface area contributed by atoms with Crippen LogP contribution in [0.4, 0.5) is 10.1 Å². The monoisotopic (exact) mass is 363 g/mol. The second-order valence-corrected chi connectivity index (χ2v) is 6.34. The van der Waals surface area contributed by atoms with Gasteiger partial charge in [0.2, 0.25) is 0 Å². The first-order valence-electron chi connectivity index (χ1n) is 8.88. The third kappa shape index (κ3) is 5.14. The molecule has 4 nitrogen and oxygen atoms in total. The number of hydrogen-bond acceptors (Lipinski definition) is 3. The molecule has 3 rings (SSSR count). The van der Waals surface area contributed by atoms with E-state index < -0.39 is 0 Å². The molecule has 0 atom stereocenters. The molecule has 0 aliphatic carbocycles. The summed E-state index contributed by atoms with van der Waals surface area (Å²) < 4.78 is 13.6. The normalized spacial score (nSPS) is 10.4. The number of nitrogens with one attached hydrogen (secondary N) is 2. The highest BCUT2D eigenvalue weighted by molar-refractivity contribution is 5.94. The van der Waals surface area contributed by atoms with Crippen molar-refractivity contribution in [3.63, 3.8) is 0 Å². The highest BCUT2D eigenvalue weighted by Gasteiger charge is 2.08. The number of benzene rings is 2. The van der Waals surface area contributed by atoms with E-state index >= 15 is 0 Å². The topological polar surface area (TPSA) is 54.0 Å². The zero-order valence-corrected chi connectivity index (χ0v) is 15.2. The minimum absolute atomic E-state index is 0.177. The lowest BCUT2D eigenvalue weighted by molar-refractivity contribution is 0.0950. The van der Waals surface area contributed by atoms with E-state index in [-0.39, 0.29) is 11.7 Å². The molecule has 0 aliphatic rings. The van der Waals surface area contributed by atoms with Crippen LogP contribution < -0.4 is 10.6 Å². The second kappa shape index (κ2) is 8.94. The lowest BCUT2D eigenvalue weighted by Gasteiger charge is -2.10. The fourth-order valence-electron chi connectivity index (χ4n) is 2.79. The predicted molar refractivity (Wildman–Crippen MR) is 105 cm³/mol. The van der Waals surface area contributed by atoms with Crippen molar-refractivity contribution in [2.45, 2.75) is 19.9 Å². The number of nitrogens with zero attached hydrogens (tertiary/aromatic N) is 1. The number of aromatic nitrogens is 1. The molecule has 0 bridgehead atoms. The van der Waals surface area contributed by atoms with Gasteiger partial charge in [0, 0.05) is 25.5 Å². The fraction of sp³-hybridized carbons (Fsp3) is 0.182. The maximum atomic E-state index is 13.6. The lowest BCUT2D eigenvalue weighted by Crippen LogP contribution is -2.23. The van der Waals surface area contributed by atoms with Crippen LogP contribution in [0.3, 0.4) is 0 Å². The summed E-state index contributed by atoms with van der Waals surface area (Å²) in [6.45, 7) is 3.04. The largest absolute Gasteiger partial charge is 0.383 e. The maximum Gasteiger partial charge on any atom is 0.253 e. The summed E-state index contributed by atoms with van der Waals surface area (Å²) in [5.41, 5.74) is 4.09. The van der Waals surface area contributed by atoms with E-state index in [1.54, 1.807) is 24.4 Å². The van der Waals surface area contributed by atoms with Gasteiger partial charge in [0.25, 0.3) is 5.91 Å². The fourth-order valence-corrected chi connectivity index (χ4v) is 2.79. The van der Waals surface area contributed by atoms with Gasteiger partial charge in [-0.3, -0.25) is 9.78 Å². The smallest absolute Gasteiger partial charge is 0.253 e. The van der Waals surface area contributed by atoms with Gasteiger partial charge in [0.05, 0.1) is 11.3 Å². The Hall–Kier alpha value is -3.21. The molecule has 3 aromatic rings. The first kappa shape index (κ1) is 18.6. The third-order valence-corrected chi connectivity index (χ3v) is 4.38. The summed E-state index contributed by atoms with van der Waals surface area (Å²) in [6.07, 6.45) is 3.74. The molecule has 0 saturated carbocycles. The summed E-state index contributed by atoms with van der Waals surface area (Å²) >= 11 is 0. The summed E-state index contributed by atoms with van der Waals surface area (Å²) in [7, 11) is 0. The van der Waals surface area contributed by atoms with Gasteiger partial charge in [-0.25, -0.2) is 4.39 Å². The van der Waals surface area contributed by atoms with E-state index in [0.717, 1.165) is 16.8 Å². The molecule has 1 amide bonds. The van der Waals surface area contributed by atoms with Crippen molar-refractivity contribution in [1.82, 2.24) is 10.3 Å². The van der Waals surface area contributed by atoms with Crippen molar-refractivity contribution in [1.29, 1.82) is 0 Å². The Kier molecular flexibility index (Phi) is 6.15. The first-order valence-corrected chi connectivity index (χ1v) is 8.88. The number of carbonyl (C=O) groups excluding carboxylic acids is 1. The van der Waals surface area contributed by atoms with Crippen LogP contribution in [0, 0.1) is 12.7 Å². The quantitative estimate of drug-likeness (QED) is 0.664. The molecule has 5 heteroatoms. The van der Waals surface area contributed by atoms with E-state index in [2.05, 4.69) is 15.6 Å². The zero-order valence-electron chi connectivity index (χ0n) is 15.2. The van der Waals surface area contributed by atoms with Crippen LogP contribution in [0.2, 0.25) is 0 Å². The van der Waals surface area contributed by atoms with Gasteiger partial charge >= 0.3 is 0 Å². The van der Waals surface area contributed by atoms with Crippen LogP contribution in [0.15, 0.2) is 67.0 Å². The molecular weight excluding hydrogens is 341 g/mol. The summed E-state index contributed by atoms with van der Waals surface area (Å²) in [6, 6.07) is 16.4. The predicted octanol–water partition coefficient (Wildman–Crippen LogP) is 4.11. The lowest BCUT2D eigenvalue weighted by atomic mass is 10.1. The minimum atomic E-state index is -0.207. The number of carbonyl (C=O) groups is 1. The van der Waals surface area contributed by atoms with Crippen LogP contribution in [-0.2, 0) is 13.0 Å². The van der Waals surface area contributed by atoms with Gasteiger partial charge in [-0.05, 0) is 42.2 Å². The van der Waals surface area contributed by atoms with E-state index in [1.165, 1.54) is 12.3 Å². The Balaban J connectivity index is 1.55. The number of rotatable bonds is 7. The molecule has 0 saturated heterocycles. The van der Waals surface area contributed by atoms with Crippen LogP contribution in [0.5, 0.6) is 0 Å². The van der Waals surface area contributed by atoms with Crippen molar-refractivity contribution in [2.75, 3.05) is 11.9 Å². The van der Waals surface area contributed by atoms with E-state index in [4.69, 9.17) is 0 Å². The van der Waals surface area contributed by atoms with Crippen LogP contribution in [0.25, 0.3) is 0 Å². The van der Waals surface area contributed by atoms with Crippen molar-refractivity contribution in [2.24, 2.45) is 0 Å². The molecular formula is C22H22FN3O. The van der Waals surface area contributed by atoms with Gasteiger partial charge in [0.1, 0.15) is 5.82 Å². The molecule has 0 radical (unpaired) electrons. The first-order chi connectivity index (χ1) is 13.1. The van der Waals surface area contributed by atoms with Gasteiger partial charge in [-0.15, -0.1) is 0 Å². The molecule has 0 fully saturated rings. The summed E-state index contributed by atoms with van der Waals surface area (Å²) in [5.74, 6) is -0.384. The van der Waals surface area contributed by atoms with E-state index in [1.807, 2.05) is 37.3 Å². The average molecular weight is 363 g/mol. The van der Waals surface area contributed by atoms with Gasteiger partial charge in [-0.2, -0.15) is 0 Å². The number of amides is 1. The minimum Gasteiger partial charge on any atom is -0.383 e. The Bertz CT molecular complexity index is 927. The SMILES string of the molecule is Cc1ccccc1CNC(=O)c1cncc(NCCc2ccccc2F)c1. The molecule has 27 heavy (non-hydrogen) atoms. The van der Waals surface area contributed by atoms with E-state index in [9.17, 15) is 9.18 Å². The molecule has 0 unspecified atom stereocenters. The molecule has 138 valence electrons. The molecule has 1 aromatic heterocycles. The number of pyridine rings is 1. The Labute approximate surface area is 158 Å². The highest BCUT2D eigenvalue weighted by atomic mass is 19.1. The molecule has 0 aliphatic heterocycles. The zero-order chi connectivity index (χ0) is 19.1. The molecule has 1 heterocycles. The van der Waals surface area contributed by atoms with Gasteiger partial charge < -0.3 is 10.6 Å². The third-order valence-electron chi connectivity index (χ3n) is 4.38. The summed E-state index contributed by atoms with van der Waals surface area (Å²) in [5, 5.41) is 6.11. The van der Waals surface area contributed by atoms with Crippen LogP contribution in [-0.4, -0.2) is 17.4 Å². The Morgan fingerprint density at radius 3 is 2.56 bits per heavy atom. The maximum absolute atomic E-state index is 13.6. The standard InChI is InChI=1S/C22H22FN3O/c1-16-6-2-3-8-18(16)14-26-22(27)19-12-20(15-24-13-19)25-11-10-17-7-4-5-9-21(17)23/h2-9,12-13,15,25H,10-11,14H2,1H3,(H,26,27). The van der Waals surface area contributed by atoms with Crippen molar-refractivity contribution in [3.8, 4) is 0 Å². The molecule has 0 spiro atoms. The molecule has 2 aromatic carbocycles. The number of aryl methyl sites for hydroxylation is 1. The van der Waals surface area contributed by atoms with Gasteiger partial charge in [-0.1, -0.05) is 42.5 Å². The average Bonchev–Trinajstić information content (AvgIpc) is 2.69. The number of anilines is 1. The second-order valence-electron chi connectivity index (χ2n) is 6.34. The molecule has 2 N–H and O–H groups in total. The Morgan fingerprint density at radius 2 is 1.78 bits per heavy atom. The highest BCUT2D eigenvalue weighted by Crippen LogP contribution is 2.12. The number of halogens is 1. The van der Waals surface area contributed by atoms with Crippen LogP contribution >= 0.6 is 0 Å².